The molecule has 1 unspecified atom stereocenters. The van der Waals surface area contributed by atoms with E-state index in [4.69, 9.17) is 5.11 Å². The summed E-state index contributed by atoms with van der Waals surface area (Å²) in [6.45, 7) is 1.98. The number of carbonyl (C=O) groups is 2. The molecule has 1 rings (SSSR count). The van der Waals surface area contributed by atoms with Crippen molar-refractivity contribution in [1.82, 2.24) is 5.32 Å². The summed E-state index contributed by atoms with van der Waals surface area (Å²) in [6.07, 6.45) is 2.10. The molecule has 18 heavy (non-hydrogen) atoms. The normalized spacial score (nSPS) is 11.6. The molecule has 0 aromatic heterocycles. The summed E-state index contributed by atoms with van der Waals surface area (Å²) in [5.41, 5.74) is 0.634. The highest BCUT2D eigenvalue weighted by Gasteiger charge is 2.18. The second-order valence-corrected chi connectivity index (χ2v) is 4.00. The van der Waals surface area contributed by atoms with Crippen LogP contribution in [0.25, 0.3) is 0 Å². The monoisotopic (exact) mass is 250 g/mol. The maximum absolute atomic E-state index is 11.6. The number of para-hydroxylation sites is 1. The minimum absolute atomic E-state index is 0.439. The minimum atomic E-state index is -1.01. The molecule has 0 aliphatic carbocycles. The van der Waals surface area contributed by atoms with Gasteiger partial charge in [0.05, 0.1) is 0 Å². The van der Waals surface area contributed by atoms with Gasteiger partial charge in [0.2, 0.25) is 0 Å². The Morgan fingerprint density at radius 1 is 1.28 bits per heavy atom. The molecule has 5 nitrogen and oxygen atoms in total. The van der Waals surface area contributed by atoms with Crippen LogP contribution >= 0.6 is 0 Å². The van der Waals surface area contributed by atoms with Crippen LogP contribution in [0, 0.1) is 0 Å². The molecule has 1 atom stereocenters. The number of benzene rings is 1. The Bertz CT molecular complexity index is 392. The highest BCUT2D eigenvalue weighted by molar-refractivity contribution is 5.92. The molecule has 1 aromatic carbocycles. The number of anilines is 1. The van der Waals surface area contributed by atoms with Crippen LogP contribution in [0.3, 0.4) is 0 Å². The molecule has 0 aliphatic heterocycles. The molecule has 0 saturated carbocycles. The van der Waals surface area contributed by atoms with Gasteiger partial charge >= 0.3 is 12.0 Å². The number of hydrogen-bond acceptors (Lipinski definition) is 2. The van der Waals surface area contributed by atoms with Gasteiger partial charge < -0.3 is 15.7 Å². The number of hydrogen-bond donors (Lipinski definition) is 3. The van der Waals surface area contributed by atoms with Gasteiger partial charge in [-0.3, -0.25) is 0 Å². The molecule has 2 amide bonds. The first-order chi connectivity index (χ1) is 8.63. The fraction of sp³-hybridized carbons (Fsp3) is 0.385. The summed E-state index contributed by atoms with van der Waals surface area (Å²) in [7, 11) is 0. The maximum atomic E-state index is 11.6. The molecule has 0 aliphatic rings. The second-order valence-electron chi connectivity index (χ2n) is 4.00. The van der Waals surface area contributed by atoms with Crippen molar-refractivity contribution in [1.29, 1.82) is 0 Å². The summed E-state index contributed by atoms with van der Waals surface area (Å²) in [5.74, 6) is -1.01. The highest BCUT2D eigenvalue weighted by Crippen LogP contribution is 2.05. The van der Waals surface area contributed by atoms with Gasteiger partial charge in [0.15, 0.2) is 0 Å². The van der Waals surface area contributed by atoms with Crippen LogP contribution in [0.2, 0.25) is 0 Å². The lowest BCUT2D eigenvalue weighted by molar-refractivity contribution is -0.139. The van der Waals surface area contributed by atoms with Crippen molar-refractivity contribution in [2.24, 2.45) is 0 Å². The third kappa shape index (κ3) is 4.86. The zero-order valence-corrected chi connectivity index (χ0v) is 10.3. The quantitative estimate of drug-likeness (QED) is 0.725. The van der Waals surface area contributed by atoms with E-state index in [2.05, 4.69) is 10.6 Å². The molecule has 0 fully saturated rings. The van der Waals surface area contributed by atoms with E-state index in [1.54, 1.807) is 24.3 Å². The molecule has 0 radical (unpaired) electrons. The Morgan fingerprint density at radius 2 is 1.94 bits per heavy atom. The van der Waals surface area contributed by atoms with E-state index in [0.29, 0.717) is 12.1 Å². The number of carboxylic acid groups (broad SMARTS) is 1. The van der Waals surface area contributed by atoms with Crippen LogP contribution in [0.5, 0.6) is 0 Å². The van der Waals surface area contributed by atoms with E-state index in [1.165, 1.54) is 0 Å². The predicted octanol–water partition coefficient (Wildman–Crippen LogP) is 2.45. The number of nitrogens with one attached hydrogen (secondary N) is 2. The van der Waals surface area contributed by atoms with Gasteiger partial charge in [0.25, 0.3) is 0 Å². The van der Waals surface area contributed by atoms with Crippen LogP contribution in [0.1, 0.15) is 26.2 Å². The summed E-state index contributed by atoms with van der Waals surface area (Å²) < 4.78 is 0. The Morgan fingerprint density at radius 3 is 2.50 bits per heavy atom. The van der Waals surface area contributed by atoms with E-state index in [1.807, 2.05) is 13.0 Å². The van der Waals surface area contributed by atoms with Gasteiger partial charge in [-0.25, -0.2) is 9.59 Å². The van der Waals surface area contributed by atoms with Crippen molar-refractivity contribution in [3.05, 3.63) is 30.3 Å². The van der Waals surface area contributed by atoms with E-state index in [0.717, 1.165) is 12.8 Å². The first-order valence-corrected chi connectivity index (χ1v) is 5.99. The van der Waals surface area contributed by atoms with Crippen LogP contribution < -0.4 is 10.6 Å². The number of carboxylic acids is 1. The van der Waals surface area contributed by atoms with Crippen molar-refractivity contribution in [3.63, 3.8) is 0 Å². The standard InChI is InChI=1S/C13H18N2O3/c1-2-3-9-11(12(16)17)15-13(18)14-10-7-5-4-6-8-10/h4-8,11H,2-3,9H2,1H3,(H,16,17)(H2,14,15,18). The fourth-order valence-corrected chi connectivity index (χ4v) is 1.51. The molecule has 1 aromatic rings. The predicted molar refractivity (Wildman–Crippen MR) is 69.5 cm³/mol. The molecule has 0 bridgehead atoms. The highest BCUT2D eigenvalue weighted by atomic mass is 16.4. The Kier molecular flexibility index (Phi) is 5.70. The number of unbranched alkanes of at least 4 members (excludes halogenated alkanes) is 1. The van der Waals surface area contributed by atoms with Gasteiger partial charge in [-0.1, -0.05) is 38.0 Å². The average molecular weight is 250 g/mol. The zero-order chi connectivity index (χ0) is 13.4. The van der Waals surface area contributed by atoms with Gasteiger partial charge in [0, 0.05) is 5.69 Å². The fourth-order valence-electron chi connectivity index (χ4n) is 1.51. The van der Waals surface area contributed by atoms with Gasteiger partial charge in [-0.2, -0.15) is 0 Å². The summed E-state index contributed by atoms with van der Waals surface area (Å²) in [4.78, 5) is 22.6. The number of rotatable bonds is 6. The molecular formula is C13H18N2O3. The Labute approximate surface area is 106 Å². The van der Waals surface area contributed by atoms with Crippen molar-refractivity contribution < 1.29 is 14.7 Å². The molecule has 0 saturated heterocycles. The van der Waals surface area contributed by atoms with Crippen molar-refractivity contribution >= 4 is 17.7 Å². The minimum Gasteiger partial charge on any atom is -0.480 e. The zero-order valence-electron chi connectivity index (χ0n) is 10.3. The Balaban J connectivity index is 2.48. The second kappa shape index (κ2) is 7.32. The summed E-state index contributed by atoms with van der Waals surface area (Å²) in [6, 6.07) is 7.56. The number of carbonyl (C=O) groups excluding carboxylic acids is 1. The van der Waals surface area contributed by atoms with Crippen molar-refractivity contribution in [3.8, 4) is 0 Å². The number of aliphatic carboxylic acids is 1. The van der Waals surface area contributed by atoms with Crippen LogP contribution in [-0.4, -0.2) is 23.1 Å². The smallest absolute Gasteiger partial charge is 0.326 e. The van der Waals surface area contributed by atoms with Crippen molar-refractivity contribution in [2.75, 3.05) is 5.32 Å². The molecule has 0 spiro atoms. The lowest BCUT2D eigenvalue weighted by Gasteiger charge is -2.14. The number of amides is 2. The van der Waals surface area contributed by atoms with Crippen molar-refractivity contribution in [2.45, 2.75) is 32.2 Å². The third-order valence-corrected chi connectivity index (χ3v) is 2.48. The maximum Gasteiger partial charge on any atom is 0.326 e. The van der Waals surface area contributed by atoms with Gasteiger partial charge in [-0.15, -0.1) is 0 Å². The van der Waals surface area contributed by atoms with Gasteiger partial charge in [-0.05, 0) is 18.6 Å². The lowest BCUT2D eigenvalue weighted by atomic mass is 10.1. The topological polar surface area (TPSA) is 78.4 Å². The molecule has 5 heteroatoms. The average Bonchev–Trinajstić information content (AvgIpc) is 2.35. The summed E-state index contributed by atoms with van der Waals surface area (Å²) in [5, 5.41) is 14.0. The molecule has 98 valence electrons. The third-order valence-electron chi connectivity index (χ3n) is 2.48. The lowest BCUT2D eigenvalue weighted by Crippen LogP contribution is -2.42. The van der Waals surface area contributed by atoms with E-state index in [9.17, 15) is 9.59 Å². The SMILES string of the molecule is CCCCC(NC(=O)Nc1ccccc1)C(=O)O. The summed E-state index contributed by atoms with van der Waals surface area (Å²) >= 11 is 0. The van der Waals surface area contributed by atoms with E-state index >= 15 is 0 Å². The van der Waals surface area contributed by atoms with E-state index < -0.39 is 18.0 Å². The number of urea groups is 1. The molecule has 0 heterocycles. The Hall–Kier alpha value is -2.04. The van der Waals surface area contributed by atoms with Crippen LogP contribution in [0.4, 0.5) is 10.5 Å². The molecular weight excluding hydrogens is 232 g/mol. The van der Waals surface area contributed by atoms with Crippen LogP contribution in [0.15, 0.2) is 30.3 Å². The van der Waals surface area contributed by atoms with Gasteiger partial charge in [0.1, 0.15) is 6.04 Å². The molecule has 3 N–H and O–H groups in total. The van der Waals surface area contributed by atoms with E-state index in [-0.39, 0.29) is 0 Å². The largest absolute Gasteiger partial charge is 0.480 e. The first kappa shape index (κ1) is 14.0. The first-order valence-electron chi connectivity index (χ1n) is 5.99. The van der Waals surface area contributed by atoms with Crippen LogP contribution in [-0.2, 0) is 4.79 Å².